The lowest BCUT2D eigenvalue weighted by Gasteiger charge is -2.29. The van der Waals surface area contributed by atoms with Crippen molar-refractivity contribution in [3.63, 3.8) is 0 Å². The van der Waals surface area contributed by atoms with Crippen molar-refractivity contribution in [1.29, 1.82) is 0 Å². The Hall–Kier alpha value is -2.61. The van der Waals surface area contributed by atoms with E-state index in [0.717, 1.165) is 11.3 Å². The maximum Gasteiger partial charge on any atom is 0.239 e. The van der Waals surface area contributed by atoms with Gasteiger partial charge in [-0.1, -0.05) is 18.2 Å². The molecule has 2 saturated heterocycles. The van der Waals surface area contributed by atoms with Crippen LogP contribution in [-0.4, -0.2) is 62.1 Å². The molecule has 0 radical (unpaired) electrons. The smallest absolute Gasteiger partial charge is 0.239 e. The quantitative estimate of drug-likeness (QED) is 0.731. The summed E-state index contributed by atoms with van der Waals surface area (Å²) in [5, 5.41) is 6.06. The fraction of sp³-hybridized carbons (Fsp3) is 0.609. The molecule has 0 bridgehead atoms. The van der Waals surface area contributed by atoms with Gasteiger partial charge in [-0.15, -0.1) is 0 Å². The molecular formula is C23H31N3O5. The number of rotatable bonds is 5. The number of methoxy groups -OCH3 is 1. The summed E-state index contributed by atoms with van der Waals surface area (Å²) < 4.78 is 10.7. The third-order valence-electron chi connectivity index (χ3n) is 6.73. The summed E-state index contributed by atoms with van der Waals surface area (Å²) in [5.41, 5.74) is 0.923. The maximum absolute atomic E-state index is 13.0. The molecule has 1 saturated carbocycles. The number of hydrogen-bond acceptors (Lipinski definition) is 5. The van der Waals surface area contributed by atoms with Crippen molar-refractivity contribution in [2.24, 2.45) is 17.8 Å². The van der Waals surface area contributed by atoms with E-state index in [1.807, 2.05) is 24.3 Å². The van der Waals surface area contributed by atoms with Crippen LogP contribution in [0.2, 0.25) is 0 Å². The Balaban J connectivity index is 1.36. The number of amides is 3. The van der Waals surface area contributed by atoms with Crippen LogP contribution in [0.1, 0.15) is 31.2 Å². The summed E-state index contributed by atoms with van der Waals surface area (Å²) in [6, 6.07) is 7.54. The number of benzene rings is 1. The predicted molar refractivity (Wildman–Crippen MR) is 113 cm³/mol. The minimum Gasteiger partial charge on any atom is -0.496 e. The second-order valence-electron chi connectivity index (χ2n) is 8.74. The lowest BCUT2D eigenvalue weighted by Crippen LogP contribution is -2.43. The number of hydrogen-bond donors (Lipinski definition) is 2. The van der Waals surface area contributed by atoms with Gasteiger partial charge in [0.2, 0.25) is 17.7 Å². The van der Waals surface area contributed by atoms with E-state index in [9.17, 15) is 14.4 Å². The third kappa shape index (κ3) is 5.01. The predicted octanol–water partition coefficient (Wildman–Crippen LogP) is 1.09. The van der Waals surface area contributed by atoms with E-state index < -0.39 is 0 Å². The van der Waals surface area contributed by atoms with E-state index in [1.54, 1.807) is 12.0 Å². The highest BCUT2D eigenvalue weighted by molar-refractivity contribution is 5.87. The summed E-state index contributed by atoms with van der Waals surface area (Å²) >= 11 is 0. The molecule has 2 N–H and O–H groups in total. The molecule has 2 heterocycles. The highest BCUT2D eigenvalue weighted by atomic mass is 16.5. The van der Waals surface area contributed by atoms with Gasteiger partial charge in [-0.05, 0) is 37.7 Å². The van der Waals surface area contributed by atoms with E-state index in [0.29, 0.717) is 52.0 Å². The summed E-state index contributed by atoms with van der Waals surface area (Å²) in [6.07, 6.45) is 2.69. The van der Waals surface area contributed by atoms with Crippen molar-refractivity contribution in [3.8, 4) is 5.75 Å². The highest BCUT2D eigenvalue weighted by Gasteiger charge is 2.42. The Labute approximate surface area is 182 Å². The van der Waals surface area contributed by atoms with Gasteiger partial charge in [0.25, 0.3) is 0 Å². The molecule has 8 heteroatoms. The Bertz CT molecular complexity index is 823. The fourth-order valence-electron chi connectivity index (χ4n) is 5.04. The van der Waals surface area contributed by atoms with Crippen molar-refractivity contribution in [2.45, 2.75) is 38.3 Å². The Kier molecular flexibility index (Phi) is 6.75. The first kappa shape index (κ1) is 21.6. The number of carbonyl (C=O) groups excluding carboxylic acids is 3. The van der Waals surface area contributed by atoms with Crippen LogP contribution in [0.4, 0.5) is 0 Å². The first-order chi connectivity index (χ1) is 15.0. The zero-order chi connectivity index (χ0) is 21.8. The van der Waals surface area contributed by atoms with E-state index >= 15 is 0 Å². The molecule has 4 rings (SSSR count). The minimum absolute atomic E-state index is 0.0180. The van der Waals surface area contributed by atoms with E-state index in [1.165, 1.54) is 0 Å². The summed E-state index contributed by atoms with van der Waals surface area (Å²) in [6.45, 7) is 2.22. The van der Waals surface area contributed by atoms with E-state index in [-0.39, 0.29) is 48.1 Å². The van der Waals surface area contributed by atoms with E-state index in [2.05, 4.69) is 10.6 Å². The lowest BCUT2D eigenvalue weighted by molar-refractivity contribution is -0.141. The first-order valence-corrected chi connectivity index (χ1v) is 11.1. The molecule has 1 aliphatic carbocycles. The van der Waals surface area contributed by atoms with Crippen LogP contribution in [0.5, 0.6) is 5.75 Å². The van der Waals surface area contributed by atoms with Gasteiger partial charge in [-0.2, -0.15) is 0 Å². The van der Waals surface area contributed by atoms with Crippen molar-refractivity contribution >= 4 is 17.7 Å². The first-order valence-electron chi connectivity index (χ1n) is 11.1. The number of nitrogens with zero attached hydrogens (tertiary/aromatic N) is 1. The molecule has 3 aliphatic rings. The molecule has 3 amide bonds. The molecule has 1 aromatic carbocycles. The molecular weight excluding hydrogens is 398 g/mol. The maximum atomic E-state index is 13.0. The number of nitrogens with one attached hydrogen (secondary N) is 2. The summed E-state index contributed by atoms with van der Waals surface area (Å²) in [4.78, 5) is 39.9. The number of fused-ring (bicyclic) bond motifs is 1. The lowest BCUT2D eigenvalue weighted by atomic mass is 9.97. The summed E-state index contributed by atoms with van der Waals surface area (Å²) in [5.74, 6) is 0.482. The largest absolute Gasteiger partial charge is 0.496 e. The van der Waals surface area contributed by atoms with Gasteiger partial charge >= 0.3 is 0 Å². The zero-order valence-corrected chi connectivity index (χ0v) is 18.0. The van der Waals surface area contributed by atoms with Crippen molar-refractivity contribution in [2.75, 3.05) is 33.4 Å². The van der Waals surface area contributed by atoms with Crippen LogP contribution in [0, 0.1) is 17.8 Å². The SMILES string of the molecule is COc1ccccc1CNC(=O)[C@H]1C[C@@H]2CN(C(=O)C3CCOCC3)CC(=O)N[C@@H]2C1. The van der Waals surface area contributed by atoms with Gasteiger partial charge in [0.1, 0.15) is 5.75 Å². The number of ether oxygens (including phenoxy) is 2. The van der Waals surface area contributed by atoms with Crippen LogP contribution >= 0.6 is 0 Å². The van der Waals surface area contributed by atoms with Crippen LogP contribution in [-0.2, 0) is 25.7 Å². The van der Waals surface area contributed by atoms with E-state index in [4.69, 9.17) is 9.47 Å². The minimum atomic E-state index is -0.178. The van der Waals surface area contributed by atoms with Crippen molar-refractivity contribution in [3.05, 3.63) is 29.8 Å². The Morgan fingerprint density at radius 3 is 2.74 bits per heavy atom. The van der Waals surface area contributed by atoms with Gasteiger partial charge in [-0.3, -0.25) is 14.4 Å². The molecule has 1 aromatic rings. The summed E-state index contributed by atoms with van der Waals surface area (Å²) in [7, 11) is 1.61. The second kappa shape index (κ2) is 9.68. The molecule has 3 fully saturated rings. The van der Waals surface area contributed by atoms with Gasteiger partial charge in [0.15, 0.2) is 0 Å². The van der Waals surface area contributed by atoms with Crippen molar-refractivity contribution in [1.82, 2.24) is 15.5 Å². The molecule has 31 heavy (non-hydrogen) atoms. The van der Waals surface area contributed by atoms with Crippen molar-refractivity contribution < 1.29 is 23.9 Å². The topological polar surface area (TPSA) is 97.0 Å². The molecule has 8 nitrogen and oxygen atoms in total. The third-order valence-corrected chi connectivity index (χ3v) is 6.73. The van der Waals surface area contributed by atoms with Crippen LogP contribution in [0.3, 0.4) is 0 Å². The van der Waals surface area contributed by atoms with Gasteiger partial charge in [-0.25, -0.2) is 0 Å². The molecule has 0 aromatic heterocycles. The molecule has 0 spiro atoms. The normalized spacial score (nSPS) is 26.5. The average Bonchev–Trinajstić information content (AvgIpc) is 3.12. The number of para-hydroxylation sites is 1. The molecule has 0 unspecified atom stereocenters. The standard InChI is InChI=1S/C23H31N3O5/c1-30-20-5-3-2-4-16(20)12-24-22(28)17-10-18-13-26(14-21(27)25-19(18)11-17)23(29)15-6-8-31-9-7-15/h2-5,15,17-19H,6-14H2,1H3,(H,24,28)(H,25,27)/t17-,18+,19+/m0/s1. The molecule has 2 aliphatic heterocycles. The fourth-order valence-corrected chi connectivity index (χ4v) is 5.04. The Morgan fingerprint density at radius 1 is 1.19 bits per heavy atom. The van der Waals surface area contributed by atoms with Crippen LogP contribution < -0.4 is 15.4 Å². The second-order valence-corrected chi connectivity index (χ2v) is 8.74. The van der Waals surface area contributed by atoms with Gasteiger partial charge < -0.3 is 25.0 Å². The average molecular weight is 430 g/mol. The van der Waals surface area contributed by atoms with Gasteiger partial charge in [0, 0.05) is 49.7 Å². The Morgan fingerprint density at radius 2 is 1.97 bits per heavy atom. The monoisotopic (exact) mass is 429 g/mol. The zero-order valence-electron chi connectivity index (χ0n) is 18.0. The van der Waals surface area contributed by atoms with Gasteiger partial charge in [0.05, 0.1) is 13.7 Å². The molecule has 168 valence electrons. The highest BCUT2D eigenvalue weighted by Crippen LogP contribution is 2.34. The molecule has 3 atom stereocenters. The van der Waals surface area contributed by atoms with Crippen LogP contribution in [0.15, 0.2) is 24.3 Å². The number of carbonyl (C=O) groups is 3. The van der Waals surface area contributed by atoms with Crippen LogP contribution in [0.25, 0.3) is 0 Å².